The summed E-state index contributed by atoms with van der Waals surface area (Å²) in [7, 11) is -2.45. The van der Waals surface area contributed by atoms with E-state index in [1.54, 1.807) is 12.1 Å². The molecular formula is C15H19NO5S. The highest BCUT2D eigenvalue weighted by Crippen LogP contribution is 2.33. The summed E-state index contributed by atoms with van der Waals surface area (Å²) in [5.74, 6) is 0.124. The Morgan fingerprint density at radius 3 is 2.73 bits per heavy atom. The monoisotopic (exact) mass is 325 g/mol. The summed E-state index contributed by atoms with van der Waals surface area (Å²) >= 11 is 0. The smallest absolute Gasteiger partial charge is 0.265 e. The summed E-state index contributed by atoms with van der Waals surface area (Å²) in [5, 5.41) is 0. The van der Waals surface area contributed by atoms with Gasteiger partial charge in [0.1, 0.15) is 11.4 Å². The van der Waals surface area contributed by atoms with Gasteiger partial charge in [0.25, 0.3) is 15.9 Å². The Labute approximate surface area is 129 Å². The van der Waals surface area contributed by atoms with Crippen molar-refractivity contribution in [3.05, 3.63) is 23.8 Å². The van der Waals surface area contributed by atoms with Crippen LogP contribution in [0.1, 0.15) is 31.2 Å². The van der Waals surface area contributed by atoms with E-state index >= 15 is 0 Å². The molecule has 1 N–H and O–H groups in total. The Kier molecular flexibility index (Phi) is 3.86. The molecule has 1 amide bonds. The standard InChI is InChI=1S/C15H19NO5S/c1-20-15(7-2-3-8-15)14(17)16-22(18,19)12-4-5-13-11(10-12)6-9-21-13/h4-5,10H,2-3,6-9H2,1H3,(H,16,17). The molecule has 0 aromatic heterocycles. The van der Waals surface area contributed by atoms with E-state index in [0.717, 1.165) is 18.4 Å². The maximum absolute atomic E-state index is 12.4. The van der Waals surface area contributed by atoms with Crippen LogP contribution in [0.3, 0.4) is 0 Å². The quantitative estimate of drug-likeness (QED) is 0.904. The normalized spacial score (nSPS) is 19.5. The fourth-order valence-electron chi connectivity index (χ4n) is 3.07. The zero-order valence-electron chi connectivity index (χ0n) is 12.4. The molecule has 7 heteroatoms. The lowest BCUT2D eigenvalue weighted by molar-refractivity contribution is -0.140. The van der Waals surface area contributed by atoms with E-state index < -0.39 is 21.5 Å². The van der Waals surface area contributed by atoms with Crippen molar-refractivity contribution in [2.45, 2.75) is 42.6 Å². The maximum atomic E-state index is 12.4. The molecule has 1 aromatic carbocycles. The zero-order chi connectivity index (χ0) is 15.8. The number of rotatable bonds is 4. The van der Waals surface area contributed by atoms with E-state index in [1.165, 1.54) is 13.2 Å². The van der Waals surface area contributed by atoms with Gasteiger partial charge in [-0.2, -0.15) is 0 Å². The number of methoxy groups -OCH3 is 1. The molecule has 0 saturated heterocycles. The fourth-order valence-corrected chi connectivity index (χ4v) is 4.17. The third-order valence-electron chi connectivity index (χ3n) is 4.41. The highest BCUT2D eigenvalue weighted by molar-refractivity contribution is 7.90. The first-order chi connectivity index (χ1) is 10.5. The van der Waals surface area contributed by atoms with Gasteiger partial charge in [0, 0.05) is 13.5 Å². The predicted octanol–water partition coefficient (Wildman–Crippen LogP) is 1.39. The van der Waals surface area contributed by atoms with Crippen LogP contribution in [0.4, 0.5) is 0 Å². The van der Waals surface area contributed by atoms with Crippen molar-refractivity contribution in [2.75, 3.05) is 13.7 Å². The Morgan fingerprint density at radius 2 is 2.05 bits per heavy atom. The van der Waals surface area contributed by atoms with Crippen molar-refractivity contribution in [2.24, 2.45) is 0 Å². The average Bonchev–Trinajstić information content (AvgIpc) is 3.15. The number of ether oxygens (including phenoxy) is 2. The zero-order valence-corrected chi connectivity index (χ0v) is 13.2. The molecular weight excluding hydrogens is 306 g/mol. The molecule has 1 aliphatic heterocycles. The number of nitrogens with one attached hydrogen (secondary N) is 1. The molecule has 3 rings (SSSR count). The van der Waals surface area contributed by atoms with Gasteiger partial charge < -0.3 is 9.47 Å². The molecule has 0 unspecified atom stereocenters. The van der Waals surface area contributed by atoms with E-state index in [0.29, 0.717) is 31.6 Å². The lowest BCUT2D eigenvalue weighted by atomic mass is 10.0. The Bertz CT molecular complexity index is 692. The highest BCUT2D eigenvalue weighted by Gasteiger charge is 2.43. The molecule has 0 bridgehead atoms. The molecule has 1 fully saturated rings. The number of sulfonamides is 1. The number of hydrogen-bond donors (Lipinski definition) is 1. The minimum atomic E-state index is -3.90. The second-order valence-corrected chi connectivity index (χ2v) is 7.39. The number of hydrogen-bond acceptors (Lipinski definition) is 5. The summed E-state index contributed by atoms with van der Waals surface area (Å²) in [5.41, 5.74) is -0.176. The number of fused-ring (bicyclic) bond motifs is 1. The summed E-state index contributed by atoms with van der Waals surface area (Å²) < 4.78 is 37.7. The SMILES string of the molecule is COC1(C(=O)NS(=O)(=O)c2ccc3c(c2)CCO3)CCCC1. The van der Waals surface area contributed by atoms with Crippen molar-refractivity contribution in [3.8, 4) is 5.75 Å². The molecule has 0 atom stereocenters. The Morgan fingerprint density at radius 1 is 1.32 bits per heavy atom. The lowest BCUT2D eigenvalue weighted by Crippen LogP contribution is -2.48. The van der Waals surface area contributed by atoms with Crippen LogP contribution in [0.25, 0.3) is 0 Å². The van der Waals surface area contributed by atoms with Crippen molar-refractivity contribution in [1.29, 1.82) is 0 Å². The largest absolute Gasteiger partial charge is 0.493 e. The van der Waals surface area contributed by atoms with Gasteiger partial charge in [-0.15, -0.1) is 0 Å². The third kappa shape index (κ3) is 2.59. The van der Waals surface area contributed by atoms with Gasteiger partial charge in [0.15, 0.2) is 0 Å². The van der Waals surface area contributed by atoms with Crippen LogP contribution >= 0.6 is 0 Å². The molecule has 6 nitrogen and oxygen atoms in total. The van der Waals surface area contributed by atoms with Crippen LogP contribution in [0.2, 0.25) is 0 Å². The topological polar surface area (TPSA) is 81.7 Å². The van der Waals surface area contributed by atoms with Crippen LogP contribution in [0, 0.1) is 0 Å². The number of carbonyl (C=O) groups excluding carboxylic acids is 1. The highest BCUT2D eigenvalue weighted by atomic mass is 32.2. The number of carbonyl (C=O) groups is 1. The summed E-state index contributed by atoms with van der Waals surface area (Å²) in [6.45, 7) is 0.554. The van der Waals surface area contributed by atoms with Gasteiger partial charge >= 0.3 is 0 Å². The van der Waals surface area contributed by atoms with Crippen molar-refractivity contribution < 1.29 is 22.7 Å². The molecule has 0 spiro atoms. The van der Waals surface area contributed by atoms with Gasteiger partial charge in [0.05, 0.1) is 11.5 Å². The molecule has 2 aliphatic rings. The average molecular weight is 325 g/mol. The predicted molar refractivity (Wildman–Crippen MR) is 79.2 cm³/mol. The maximum Gasteiger partial charge on any atom is 0.265 e. The summed E-state index contributed by atoms with van der Waals surface area (Å²) in [4.78, 5) is 12.5. The fraction of sp³-hybridized carbons (Fsp3) is 0.533. The van der Waals surface area contributed by atoms with Gasteiger partial charge in [-0.1, -0.05) is 0 Å². The van der Waals surface area contributed by atoms with Crippen LogP contribution in [-0.4, -0.2) is 33.6 Å². The summed E-state index contributed by atoms with van der Waals surface area (Å²) in [6, 6.07) is 4.64. The first kappa shape index (κ1) is 15.3. The van der Waals surface area contributed by atoms with E-state index in [9.17, 15) is 13.2 Å². The minimum Gasteiger partial charge on any atom is -0.493 e. The Balaban J connectivity index is 1.83. The number of benzene rings is 1. The lowest BCUT2D eigenvalue weighted by Gasteiger charge is -2.25. The van der Waals surface area contributed by atoms with E-state index in [1.807, 2.05) is 0 Å². The van der Waals surface area contributed by atoms with Crippen molar-refractivity contribution in [3.63, 3.8) is 0 Å². The van der Waals surface area contributed by atoms with Crippen LogP contribution in [0.15, 0.2) is 23.1 Å². The van der Waals surface area contributed by atoms with Gasteiger partial charge in [-0.3, -0.25) is 4.79 Å². The first-order valence-electron chi connectivity index (χ1n) is 7.35. The van der Waals surface area contributed by atoms with Gasteiger partial charge in [-0.25, -0.2) is 13.1 Å². The first-order valence-corrected chi connectivity index (χ1v) is 8.83. The van der Waals surface area contributed by atoms with E-state index in [2.05, 4.69) is 4.72 Å². The van der Waals surface area contributed by atoms with Crippen molar-refractivity contribution >= 4 is 15.9 Å². The molecule has 1 aromatic rings. The molecule has 1 saturated carbocycles. The second kappa shape index (κ2) is 5.55. The number of amides is 1. The van der Waals surface area contributed by atoms with E-state index in [4.69, 9.17) is 9.47 Å². The molecule has 22 heavy (non-hydrogen) atoms. The van der Waals surface area contributed by atoms with Crippen LogP contribution in [0.5, 0.6) is 5.75 Å². The van der Waals surface area contributed by atoms with Gasteiger partial charge in [-0.05, 0) is 49.4 Å². The summed E-state index contributed by atoms with van der Waals surface area (Å²) in [6.07, 6.45) is 3.48. The molecule has 0 radical (unpaired) electrons. The van der Waals surface area contributed by atoms with Crippen LogP contribution < -0.4 is 9.46 Å². The third-order valence-corrected chi connectivity index (χ3v) is 5.74. The second-order valence-electron chi connectivity index (χ2n) is 5.71. The molecule has 1 heterocycles. The minimum absolute atomic E-state index is 0.0781. The van der Waals surface area contributed by atoms with Gasteiger partial charge in [0.2, 0.25) is 0 Å². The van der Waals surface area contributed by atoms with Crippen molar-refractivity contribution in [1.82, 2.24) is 4.72 Å². The molecule has 120 valence electrons. The Hall–Kier alpha value is -1.60. The van der Waals surface area contributed by atoms with Crippen LogP contribution in [-0.2, 0) is 26.0 Å². The molecule has 1 aliphatic carbocycles. The van der Waals surface area contributed by atoms with E-state index in [-0.39, 0.29) is 4.90 Å².